The van der Waals surface area contributed by atoms with Gasteiger partial charge in [0.2, 0.25) is 0 Å². The largest absolute Gasteiger partial charge is 0.453 e. The van der Waals surface area contributed by atoms with E-state index in [1.165, 1.54) is 6.07 Å². The Morgan fingerprint density at radius 3 is 1.71 bits per heavy atom. The number of fused-ring (bicyclic) bond motifs is 2. The van der Waals surface area contributed by atoms with Crippen LogP contribution in [-0.4, -0.2) is 11.6 Å². The molecule has 4 aromatic rings. The molecule has 5 nitrogen and oxygen atoms in total. The van der Waals surface area contributed by atoms with Crippen molar-refractivity contribution in [2.45, 2.75) is 0 Å². The number of hydrogen-bond donors (Lipinski definition) is 1. The summed E-state index contributed by atoms with van der Waals surface area (Å²) in [5.41, 5.74) is 7.52. The Morgan fingerprint density at radius 1 is 0.581 bits per heavy atom. The highest BCUT2D eigenvalue weighted by Crippen LogP contribution is 2.45. The minimum Gasteiger partial charge on any atom is -0.453 e. The predicted octanol–water partition coefficient (Wildman–Crippen LogP) is 5.63. The molecule has 4 aromatic carbocycles. The Hall–Kier alpha value is -4.38. The number of ketones is 2. The molecule has 0 atom stereocenters. The first-order chi connectivity index (χ1) is 15.1. The van der Waals surface area contributed by atoms with Crippen molar-refractivity contribution in [2.75, 3.05) is 5.73 Å². The molecule has 0 saturated carbocycles. The number of benzene rings is 4. The van der Waals surface area contributed by atoms with Crippen molar-refractivity contribution >= 4 is 17.3 Å². The zero-order chi connectivity index (χ0) is 21.4. The van der Waals surface area contributed by atoms with Crippen LogP contribution in [0.2, 0.25) is 0 Å². The fraction of sp³-hybridized carbons (Fsp3) is 0. The highest BCUT2D eigenvalue weighted by Gasteiger charge is 2.34. The third-order valence-electron chi connectivity index (χ3n) is 5.10. The number of rotatable bonds is 4. The molecular weight excluding hydrogens is 390 g/mol. The molecule has 0 saturated heterocycles. The third-order valence-corrected chi connectivity index (χ3v) is 5.10. The average Bonchev–Trinajstić information content (AvgIpc) is 2.81. The van der Waals surface area contributed by atoms with Crippen LogP contribution in [0.15, 0.2) is 91.0 Å². The quantitative estimate of drug-likeness (QED) is 0.391. The van der Waals surface area contributed by atoms with Gasteiger partial charge in [0, 0.05) is 16.7 Å². The maximum absolute atomic E-state index is 13.2. The standard InChI is InChI=1S/C26H17NO4/c27-23-22-20(24(28)18-13-7-8-14-19(18)25(22)29)15-21(30-16-9-3-1-4-10-16)26(23)31-17-11-5-2-6-12-17/h1-15H,27H2. The molecular formula is C26H17NO4. The van der Waals surface area contributed by atoms with Crippen molar-refractivity contribution in [1.29, 1.82) is 0 Å². The van der Waals surface area contributed by atoms with E-state index in [2.05, 4.69) is 0 Å². The molecule has 0 amide bonds. The van der Waals surface area contributed by atoms with Crippen LogP contribution in [0.25, 0.3) is 0 Å². The lowest BCUT2D eigenvalue weighted by Gasteiger charge is -2.23. The summed E-state index contributed by atoms with van der Waals surface area (Å²) in [6, 6.07) is 26.4. The molecule has 5 heteroatoms. The summed E-state index contributed by atoms with van der Waals surface area (Å²) in [5, 5.41) is 0. The molecule has 0 bridgehead atoms. The Kier molecular flexibility index (Phi) is 4.49. The zero-order valence-electron chi connectivity index (χ0n) is 16.4. The summed E-state index contributed by atoms with van der Waals surface area (Å²) < 4.78 is 12.1. The Bertz CT molecular complexity index is 1310. The second-order valence-corrected chi connectivity index (χ2v) is 7.07. The van der Waals surface area contributed by atoms with Crippen LogP contribution in [0.4, 0.5) is 5.69 Å². The van der Waals surface area contributed by atoms with Crippen molar-refractivity contribution in [3.8, 4) is 23.0 Å². The second kappa shape index (κ2) is 7.46. The summed E-state index contributed by atoms with van der Waals surface area (Å²) in [6.07, 6.45) is 0. The number of nitrogen functional groups attached to an aromatic ring is 1. The van der Waals surface area contributed by atoms with Gasteiger partial charge in [-0.25, -0.2) is 0 Å². The van der Waals surface area contributed by atoms with E-state index in [-0.39, 0.29) is 39.9 Å². The minimum atomic E-state index is -0.313. The summed E-state index contributed by atoms with van der Waals surface area (Å²) in [6.45, 7) is 0. The molecule has 0 spiro atoms. The van der Waals surface area contributed by atoms with Crippen molar-refractivity contribution < 1.29 is 19.1 Å². The number of hydrogen-bond acceptors (Lipinski definition) is 5. The van der Waals surface area contributed by atoms with Gasteiger partial charge >= 0.3 is 0 Å². The summed E-state index contributed by atoms with van der Waals surface area (Å²) in [5.74, 6) is 0.936. The van der Waals surface area contributed by atoms with Gasteiger partial charge < -0.3 is 15.2 Å². The molecule has 150 valence electrons. The molecule has 0 aromatic heterocycles. The van der Waals surface area contributed by atoms with Crippen LogP contribution >= 0.6 is 0 Å². The average molecular weight is 407 g/mol. The van der Waals surface area contributed by atoms with Gasteiger partial charge in [0.05, 0.1) is 11.3 Å². The van der Waals surface area contributed by atoms with Crippen LogP contribution in [0.1, 0.15) is 31.8 Å². The number of carbonyl (C=O) groups is 2. The lowest BCUT2D eigenvalue weighted by Crippen LogP contribution is -2.22. The van der Waals surface area contributed by atoms with Gasteiger partial charge in [0.15, 0.2) is 23.1 Å². The lowest BCUT2D eigenvalue weighted by atomic mass is 9.83. The maximum Gasteiger partial charge on any atom is 0.196 e. The fourth-order valence-corrected chi connectivity index (χ4v) is 3.65. The lowest BCUT2D eigenvalue weighted by molar-refractivity contribution is 0.0979. The van der Waals surface area contributed by atoms with Crippen LogP contribution in [0.3, 0.4) is 0 Å². The van der Waals surface area contributed by atoms with Crippen LogP contribution < -0.4 is 15.2 Å². The molecule has 0 radical (unpaired) electrons. The Labute approximate surface area is 178 Å². The van der Waals surface area contributed by atoms with Crippen molar-refractivity contribution in [3.63, 3.8) is 0 Å². The van der Waals surface area contributed by atoms with Crippen molar-refractivity contribution in [1.82, 2.24) is 0 Å². The SMILES string of the molecule is Nc1c(Oc2ccccc2)c(Oc2ccccc2)cc2c1C(=O)c1ccccc1C2=O. The normalized spacial score (nSPS) is 12.1. The van der Waals surface area contributed by atoms with Gasteiger partial charge in [-0.05, 0) is 30.3 Å². The van der Waals surface area contributed by atoms with Gasteiger partial charge in [0.25, 0.3) is 0 Å². The molecule has 0 fully saturated rings. The Balaban J connectivity index is 1.71. The number of nitrogens with two attached hydrogens (primary N) is 1. The van der Waals surface area contributed by atoms with Crippen molar-refractivity contribution in [3.05, 3.63) is 113 Å². The number of anilines is 1. The van der Waals surface area contributed by atoms with Gasteiger partial charge in [-0.2, -0.15) is 0 Å². The van der Waals surface area contributed by atoms with Gasteiger partial charge in [0.1, 0.15) is 11.5 Å². The molecule has 0 unspecified atom stereocenters. The molecule has 2 N–H and O–H groups in total. The fourth-order valence-electron chi connectivity index (χ4n) is 3.65. The van der Waals surface area contributed by atoms with E-state index >= 15 is 0 Å². The first-order valence-electron chi connectivity index (χ1n) is 9.74. The summed E-state index contributed by atoms with van der Waals surface area (Å²) >= 11 is 0. The van der Waals surface area contributed by atoms with E-state index in [0.717, 1.165) is 0 Å². The minimum absolute atomic E-state index is 0.0696. The number of ether oxygens (including phenoxy) is 2. The maximum atomic E-state index is 13.2. The predicted molar refractivity (Wildman–Crippen MR) is 117 cm³/mol. The topological polar surface area (TPSA) is 78.6 Å². The third kappa shape index (κ3) is 3.22. The summed E-state index contributed by atoms with van der Waals surface area (Å²) in [7, 11) is 0. The molecule has 0 aliphatic heterocycles. The van der Waals surface area contributed by atoms with E-state index in [4.69, 9.17) is 15.2 Å². The zero-order valence-corrected chi connectivity index (χ0v) is 16.4. The van der Waals surface area contributed by atoms with E-state index < -0.39 is 0 Å². The van der Waals surface area contributed by atoms with Gasteiger partial charge in [-0.1, -0.05) is 60.7 Å². The number of carbonyl (C=O) groups excluding carboxylic acids is 2. The highest BCUT2D eigenvalue weighted by molar-refractivity contribution is 6.30. The molecule has 31 heavy (non-hydrogen) atoms. The molecule has 1 aliphatic rings. The van der Waals surface area contributed by atoms with E-state index in [0.29, 0.717) is 22.6 Å². The van der Waals surface area contributed by atoms with Gasteiger partial charge in [-0.15, -0.1) is 0 Å². The van der Waals surface area contributed by atoms with Gasteiger partial charge in [-0.3, -0.25) is 9.59 Å². The second-order valence-electron chi connectivity index (χ2n) is 7.07. The van der Waals surface area contributed by atoms with E-state index in [1.54, 1.807) is 48.5 Å². The van der Waals surface area contributed by atoms with Crippen LogP contribution in [-0.2, 0) is 0 Å². The first-order valence-corrected chi connectivity index (χ1v) is 9.74. The van der Waals surface area contributed by atoms with E-state index in [1.807, 2.05) is 36.4 Å². The Morgan fingerprint density at radius 2 is 1.10 bits per heavy atom. The smallest absolute Gasteiger partial charge is 0.196 e. The van der Waals surface area contributed by atoms with Crippen molar-refractivity contribution in [2.24, 2.45) is 0 Å². The van der Waals surface area contributed by atoms with E-state index in [9.17, 15) is 9.59 Å². The molecule has 1 aliphatic carbocycles. The van der Waals surface area contributed by atoms with Crippen LogP contribution in [0, 0.1) is 0 Å². The highest BCUT2D eigenvalue weighted by atomic mass is 16.5. The first kappa shape index (κ1) is 18.6. The summed E-state index contributed by atoms with van der Waals surface area (Å²) in [4.78, 5) is 26.4. The monoisotopic (exact) mass is 407 g/mol. The molecule has 0 heterocycles. The molecule has 5 rings (SSSR count). The van der Waals surface area contributed by atoms with Crippen LogP contribution in [0.5, 0.6) is 23.0 Å². The number of para-hydroxylation sites is 2.